The van der Waals surface area contributed by atoms with Crippen molar-refractivity contribution < 1.29 is 0 Å². The van der Waals surface area contributed by atoms with Gasteiger partial charge in [-0.05, 0) is 51.1 Å². The van der Waals surface area contributed by atoms with E-state index in [1.54, 1.807) is 0 Å². The van der Waals surface area contributed by atoms with Crippen LogP contribution in [0.25, 0.3) is 0 Å². The van der Waals surface area contributed by atoms with Gasteiger partial charge in [-0.15, -0.1) is 0 Å². The van der Waals surface area contributed by atoms with Crippen LogP contribution in [0, 0.1) is 6.92 Å². The summed E-state index contributed by atoms with van der Waals surface area (Å²) in [4.78, 5) is 4.98. The minimum atomic E-state index is 0.240. The van der Waals surface area contributed by atoms with Gasteiger partial charge in [0.2, 0.25) is 0 Å². The highest BCUT2D eigenvalue weighted by Crippen LogP contribution is 2.26. The molecule has 1 N–H and O–H groups in total. The van der Waals surface area contributed by atoms with Crippen molar-refractivity contribution in [1.82, 2.24) is 10.2 Å². The molecule has 1 aromatic carbocycles. The van der Waals surface area contributed by atoms with E-state index < -0.39 is 0 Å². The fraction of sp³-hybridized carbons (Fsp3) is 0.667. The lowest BCUT2D eigenvalue weighted by Crippen LogP contribution is -2.57. The molecule has 1 heterocycles. The van der Waals surface area contributed by atoms with E-state index in [1.165, 1.54) is 16.8 Å². The normalized spacial score (nSPS) is 19.3. The molecule has 3 heteroatoms. The van der Waals surface area contributed by atoms with Crippen molar-refractivity contribution in [2.45, 2.75) is 52.7 Å². The fourth-order valence-electron chi connectivity index (χ4n) is 2.85. The molecule has 1 fully saturated rings. The summed E-state index contributed by atoms with van der Waals surface area (Å²) < 4.78 is 0. The van der Waals surface area contributed by atoms with E-state index in [0.717, 1.165) is 26.2 Å². The molecule has 1 aliphatic heterocycles. The molecule has 21 heavy (non-hydrogen) atoms. The van der Waals surface area contributed by atoms with E-state index in [2.05, 4.69) is 75.0 Å². The number of nitrogens with zero attached hydrogens (tertiary/aromatic N) is 2. The van der Waals surface area contributed by atoms with Crippen molar-refractivity contribution in [1.29, 1.82) is 0 Å². The van der Waals surface area contributed by atoms with E-state index in [-0.39, 0.29) is 5.54 Å². The number of aryl methyl sites for hydroxylation is 1. The van der Waals surface area contributed by atoms with Crippen LogP contribution in [0.15, 0.2) is 18.2 Å². The zero-order valence-electron chi connectivity index (χ0n) is 14.5. The third kappa shape index (κ3) is 3.98. The van der Waals surface area contributed by atoms with Gasteiger partial charge in [0.1, 0.15) is 0 Å². The number of hydrogen-bond acceptors (Lipinski definition) is 3. The lowest BCUT2D eigenvalue weighted by molar-refractivity contribution is 0.139. The van der Waals surface area contributed by atoms with Gasteiger partial charge in [-0.2, -0.15) is 0 Å². The number of likely N-dealkylation sites (N-methyl/N-ethyl adjacent to an activating group) is 1. The van der Waals surface area contributed by atoms with Crippen LogP contribution in [0.1, 0.15) is 38.8 Å². The van der Waals surface area contributed by atoms with Crippen LogP contribution < -0.4 is 10.2 Å². The van der Waals surface area contributed by atoms with Crippen molar-refractivity contribution in [2.24, 2.45) is 0 Å². The van der Waals surface area contributed by atoms with Crippen LogP contribution in [-0.4, -0.2) is 43.2 Å². The first-order valence-electron chi connectivity index (χ1n) is 8.09. The number of rotatable bonds is 4. The molecular weight excluding hydrogens is 258 g/mol. The average Bonchev–Trinajstić information content (AvgIpc) is 2.40. The average molecular weight is 289 g/mol. The van der Waals surface area contributed by atoms with Crippen LogP contribution in [0.5, 0.6) is 0 Å². The highest BCUT2D eigenvalue weighted by atomic mass is 15.3. The van der Waals surface area contributed by atoms with Crippen LogP contribution in [-0.2, 0) is 6.54 Å². The van der Waals surface area contributed by atoms with Gasteiger partial charge in [0.25, 0.3) is 0 Å². The molecule has 0 aliphatic carbocycles. The van der Waals surface area contributed by atoms with Crippen molar-refractivity contribution >= 4 is 5.69 Å². The van der Waals surface area contributed by atoms with Gasteiger partial charge in [0.15, 0.2) is 0 Å². The standard InChI is InChI=1S/C18H31N3/c1-14(2)19-12-16-7-8-17(11-15(16)3)21-10-9-20(6)18(4,5)13-21/h7-8,11,14,19H,9-10,12-13H2,1-6H3. The molecule has 0 radical (unpaired) electrons. The molecule has 1 aromatic rings. The Bertz CT molecular complexity index is 479. The van der Waals surface area contributed by atoms with E-state index >= 15 is 0 Å². The summed E-state index contributed by atoms with van der Waals surface area (Å²) in [5.41, 5.74) is 4.39. The fourth-order valence-corrected chi connectivity index (χ4v) is 2.85. The van der Waals surface area contributed by atoms with E-state index in [1.807, 2.05) is 0 Å². The highest BCUT2D eigenvalue weighted by Gasteiger charge is 2.31. The van der Waals surface area contributed by atoms with Crippen molar-refractivity contribution in [2.75, 3.05) is 31.6 Å². The number of nitrogens with one attached hydrogen (secondary N) is 1. The minimum absolute atomic E-state index is 0.240. The molecule has 118 valence electrons. The summed E-state index contributed by atoms with van der Waals surface area (Å²) >= 11 is 0. The Kier molecular flexibility index (Phi) is 4.95. The number of benzene rings is 1. The number of piperazine rings is 1. The molecule has 1 saturated heterocycles. The van der Waals surface area contributed by atoms with E-state index in [0.29, 0.717) is 6.04 Å². The van der Waals surface area contributed by atoms with E-state index in [4.69, 9.17) is 0 Å². The van der Waals surface area contributed by atoms with Gasteiger partial charge in [0, 0.05) is 43.4 Å². The first-order valence-corrected chi connectivity index (χ1v) is 8.09. The third-order valence-corrected chi connectivity index (χ3v) is 4.71. The summed E-state index contributed by atoms with van der Waals surface area (Å²) in [6.07, 6.45) is 0. The topological polar surface area (TPSA) is 18.5 Å². The quantitative estimate of drug-likeness (QED) is 0.919. The van der Waals surface area contributed by atoms with Crippen LogP contribution in [0.2, 0.25) is 0 Å². The molecule has 0 saturated carbocycles. The summed E-state index contributed by atoms with van der Waals surface area (Å²) in [6, 6.07) is 7.44. The smallest absolute Gasteiger partial charge is 0.0370 e. The lowest BCUT2D eigenvalue weighted by Gasteiger charge is -2.46. The van der Waals surface area contributed by atoms with Gasteiger partial charge >= 0.3 is 0 Å². The molecule has 1 aliphatic rings. The van der Waals surface area contributed by atoms with Crippen LogP contribution >= 0.6 is 0 Å². The molecule has 0 amide bonds. The monoisotopic (exact) mass is 289 g/mol. The summed E-state index contributed by atoms with van der Waals surface area (Å²) in [6.45, 7) is 15.5. The summed E-state index contributed by atoms with van der Waals surface area (Å²) in [5.74, 6) is 0. The molecule has 0 bridgehead atoms. The maximum absolute atomic E-state index is 3.50. The highest BCUT2D eigenvalue weighted by molar-refractivity contribution is 5.51. The maximum Gasteiger partial charge on any atom is 0.0370 e. The predicted molar refractivity (Wildman–Crippen MR) is 92.1 cm³/mol. The molecule has 0 spiro atoms. The minimum Gasteiger partial charge on any atom is -0.368 e. The van der Waals surface area contributed by atoms with Gasteiger partial charge in [-0.25, -0.2) is 0 Å². The van der Waals surface area contributed by atoms with Crippen molar-refractivity contribution in [3.05, 3.63) is 29.3 Å². The molecule has 2 rings (SSSR count). The second-order valence-electron chi connectivity index (χ2n) is 7.30. The molecule has 0 atom stereocenters. The molecule has 0 aromatic heterocycles. The van der Waals surface area contributed by atoms with Gasteiger partial charge in [0.05, 0.1) is 0 Å². The Balaban J connectivity index is 2.09. The largest absolute Gasteiger partial charge is 0.368 e. The van der Waals surface area contributed by atoms with Crippen molar-refractivity contribution in [3.63, 3.8) is 0 Å². The van der Waals surface area contributed by atoms with Gasteiger partial charge in [-0.3, -0.25) is 4.90 Å². The van der Waals surface area contributed by atoms with Crippen LogP contribution in [0.3, 0.4) is 0 Å². The zero-order valence-corrected chi connectivity index (χ0v) is 14.5. The van der Waals surface area contributed by atoms with Gasteiger partial charge < -0.3 is 10.2 Å². The maximum atomic E-state index is 3.50. The predicted octanol–water partition coefficient (Wildman–Crippen LogP) is 3.02. The number of hydrogen-bond donors (Lipinski definition) is 1. The Hall–Kier alpha value is -1.06. The number of anilines is 1. The lowest BCUT2D eigenvalue weighted by atomic mass is 9.98. The zero-order chi connectivity index (χ0) is 15.6. The Morgan fingerprint density at radius 2 is 1.95 bits per heavy atom. The molecular formula is C18H31N3. The molecule has 0 unspecified atom stereocenters. The Morgan fingerprint density at radius 1 is 1.24 bits per heavy atom. The van der Waals surface area contributed by atoms with E-state index in [9.17, 15) is 0 Å². The van der Waals surface area contributed by atoms with Crippen molar-refractivity contribution in [3.8, 4) is 0 Å². The summed E-state index contributed by atoms with van der Waals surface area (Å²) in [7, 11) is 2.23. The second kappa shape index (κ2) is 6.37. The molecule has 3 nitrogen and oxygen atoms in total. The first kappa shape index (κ1) is 16.3. The Labute approximate surface area is 130 Å². The first-order chi connectivity index (χ1) is 9.79. The Morgan fingerprint density at radius 3 is 2.52 bits per heavy atom. The third-order valence-electron chi connectivity index (χ3n) is 4.71. The SMILES string of the molecule is Cc1cc(N2CCN(C)C(C)(C)C2)ccc1CNC(C)C. The summed E-state index contributed by atoms with van der Waals surface area (Å²) in [5, 5.41) is 3.50. The second-order valence-corrected chi connectivity index (χ2v) is 7.30. The van der Waals surface area contributed by atoms with Crippen LogP contribution in [0.4, 0.5) is 5.69 Å². The van der Waals surface area contributed by atoms with Gasteiger partial charge in [-0.1, -0.05) is 19.9 Å².